The molecule has 0 bridgehead atoms. The summed E-state index contributed by atoms with van der Waals surface area (Å²) in [7, 11) is 2.08. The Morgan fingerprint density at radius 1 is 1.11 bits per heavy atom. The normalized spacial score (nSPS) is 20.5. The fourth-order valence-electron chi connectivity index (χ4n) is 3.90. The van der Waals surface area contributed by atoms with Crippen molar-refractivity contribution in [3.63, 3.8) is 0 Å². The smallest absolute Gasteiger partial charge is 0.231 e. The number of rotatable bonds is 3. The number of aromatic nitrogens is 2. The van der Waals surface area contributed by atoms with E-state index in [4.69, 9.17) is 21.7 Å². The molecule has 1 saturated heterocycles. The standard InChI is InChI=1S/C21H20N4O2S/c1-13-6-8-16(24(13)2)20-19(15-5-3-4-10-22-15)23-21(28)25(20)14-7-9-17-18(11-14)27-12-26-17/h3-11,19-20H,12H2,1-2H3,(H,23,28)/t19-,20+/m0/s1. The highest BCUT2D eigenvalue weighted by molar-refractivity contribution is 7.80. The van der Waals surface area contributed by atoms with Crippen LogP contribution in [0.25, 0.3) is 0 Å². The molecule has 28 heavy (non-hydrogen) atoms. The van der Waals surface area contributed by atoms with E-state index >= 15 is 0 Å². The molecule has 5 rings (SSSR count). The van der Waals surface area contributed by atoms with Gasteiger partial charge in [-0.3, -0.25) is 4.98 Å². The zero-order valence-corrected chi connectivity index (χ0v) is 16.4. The third-order valence-electron chi connectivity index (χ3n) is 5.45. The SMILES string of the molecule is Cc1ccc([C@@H]2[C@H](c3ccccn3)NC(=S)N2c2ccc3c(c2)OCO3)n1C. The number of thiocarbonyl (C=S) groups is 1. The molecule has 0 spiro atoms. The maximum atomic E-state index is 5.76. The Bertz CT molecular complexity index is 1050. The van der Waals surface area contributed by atoms with Gasteiger partial charge in [-0.2, -0.15) is 0 Å². The van der Waals surface area contributed by atoms with Crippen molar-refractivity contribution in [3.8, 4) is 11.5 Å². The van der Waals surface area contributed by atoms with Gasteiger partial charge in [-0.05, 0) is 55.5 Å². The Morgan fingerprint density at radius 3 is 2.71 bits per heavy atom. The highest BCUT2D eigenvalue weighted by Gasteiger charge is 2.42. The van der Waals surface area contributed by atoms with E-state index in [1.54, 1.807) is 0 Å². The van der Waals surface area contributed by atoms with Crippen molar-refractivity contribution in [1.82, 2.24) is 14.9 Å². The topological polar surface area (TPSA) is 51.6 Å². The van der Waals surface area contributed by atoms with Gasteiger partial charge in [0.25, 0.3) is 0 Å². The van der Waals surface area contributed by atoms with Crippen LogP contribution < -0.4 is 19.7 Å². The second kappa shape index (κ2) is 6.53. The molecule has 0 amide bonds. The highest BCUT2D eigenvalue weighted by Crippen LogP contribution is 2.44. The fraction of sp³-hybridized carbons (Fsp3) is 0.238. The maximum absolute atomic E-state index is 5.76. The number of aryl methyl sites for hydroxylation is 1. The van der Waals surface area contributed by atoms with Crippen LogP contribution in [0, 0.1) is 6.92 Å². The lowest BCUT2D eigenvalue weighted by Gasteiger charge is -2.28. The van der Waals surface area contributed by atoms with E-state index in [-0.39, 0.29) is 18.9 Å². The first kappa shape index (κ1) is 17.1. The largest absolute Gasteiger partial charge is 0.454 e. The summed E-state index contributed by atoms with van der Waals surface area (Å²) in [5.41, 5.74) is 4.28. The highest BCUT2D eigenvalue weighted by atomic mass is 32.1. The fourth-order valence-corrected chi connectivity index (χ4v) is 4.24. The first-order valence-electron chi connectivity index (χ1n) is 9.16. The van der Waals surface area contributed by atoms with Gasteiger partial charge in [-0.1, -0.05) is 6.07 Å². The van der Waals surface area contributed by atoms with Crippen LogP contribution in [-0.2, 0) is 7.05 Å². The average molecular weight is 392 g/mol. The number of hydrogen-bond acceptors (Lipinski definition) is 4. The van der Waals surface area contributed by atoms with E-state index in [2.05, 4.69) is 45.9 Å². The molecule has 0 aliphatic carbocycles. The molecule has 1 aromatic carbocycles. The zero-order valence-electron chi connectivity index (χ0n) is 15.6. The third-order valence-corrected chi connectivity index (χ3v) is 5.76. The Labute approximate surface area is 168 Å². The third kappa shape index (κ3) is 2.62. The van der Waals surface area contributed by atoms with Gasteiger partial charge < -0.3 is 24.3 Å². The zero-order chi connectivity index (χ0) is 19.3. The van der Waals surface area contributed by atoms with Crippen LogP contribution in [0.5, 0.6) is 11.5 Å². The van der Waals surface area contributed by atoms with Crippen LogP contribution in [0.1, 0.15) is 29.2 Å². The van der Waals surface area contributed by atoms with Gasteiger partial charge in [0.1, 0.15) is 6.04 Å². The summed E-state index contributed by atoms with van der Waals surface area (Å²) in [5.74, 6) is 1.50. The Kier molecular flexibility index (Phi) is 3.98. The van der Waals surface area contributed by atoms with Crippen molar-refractivity contribution in [2.24, 2.45) is 7.05 Å². The minimum absolute atomic E-state index is 0.0403. The molecule has 3 aromatic rings. The lowest BCUT2D eigenvalue weighted by atomic mass is 10.0. The lowest BCUT2D eigenvalue weighted by molar-refractivity contribution is 0.174. The molecule has 7 heteroatoms. The maximum Gasteiger partial charge on any atom is 0.231 e. The molecular weight excluding hydrogens is 372 g/mol. The molecule has 2 atom stereocenters. The molecule has 0 saturated carbocycles. The monoisotopic (exact) mass is 392 g/mol. The molecule has 0 radical (unpaired) electrons. The van der Waals surface area contributed by atoms with E-state index in [9.17, 15) is 0 Å². The molecule has 4 heterocycles. The molecule has 2 aromatic heterocycles. The number of pyridine rings is 1. The minimum atomic E-state index is -0.0628. The Hall–Kier alpha value is -3.06. The van der Waals surface area contributed by atoms with Crippen LogP contribution in [-0.4, -0.2) is 21.5 Å². The van der Waals surface area contributed by atoms with Crippen molar-refractivity contribution >= 4 is 23.0 Å². The van der Waals surface area contributed by atoms with Crippen molar-refractivity contribution in [2.75, 3.05) is 11.7 Å². The summed E-state index contributed by atoms with van der Waals surface area (Å²) >= 11 is 5.76. The molecule has 1 N–H and O–H groups in total. The van der Waals surface area contributed by atoms with Crippen LogP contribution in [0.2, 0.25) is 0 Å². The predicted molar refractivity (Wildman–Crippen MR) is 111 cm³/mol. The Morgan fingerprint density at radius 2 is 1.96 bits per heavy atom. The van der Waals surface area contributed by atoms with E-state index in [1.807, 2.05) is 42.6 Å². The van der Waals surface area contributed by atoms with Crippen molar-refractivity contribution in [1.29, 1.82) is 0 Å². The van der Waals surface area contributed by atoms with E-state index in [0.717, 1.165) is 28.6 Å². The van der Waals surface area contributed by atoms with Crippen LogP contribution in [0.15, 0.2) is 54.7 Å². The van der Waals surface area contributed by atoms with Crippen LogP contribution in [0.3, 0.4) is 0 Å². The summed E-state index contributed by atoms with van der Waals surface area (Å²) in [6.45, 7) is 2.35. The Balaban J connectivity index is 1.64. The minimum Gasteiger partial charge on any atom is -0.454 e. The number of benzene rings is 1. The van der Waals surface area contributed by atoms with Gasteiger partial charge >= 0.3 is 0 Å². The first-order chi connectivity index (χ1) is 13.6. The van der Waals surface area contributed by atoms with E-state index in [1.165, 1.54) is 5.69 Å². The molecule has 0 unspecified atom stereocenters. The number of anilines is 1. The summed E-state index contributed by atoms with van der Waals surface area (Å²) < 4.78 is 13.3. The number of fused-ring (bicyclic) bond motifs is 1. The molecule has 142 valence electrons. The van der Waals surface area contributed by atoms with Gasteiger partial charge in [-0.15, -0.1) is 0 Å². The van der Waals surface area contributed by atoms with Gasteiger partial charge in [-0.25, -0.2) is 0 Å². The number of nitrogens with one attached hydrogen (secondary N) is 1. The second-order valence-electron chi connectivity index (χ2n) is 6.99. The van der Waals surface area contributed by atoms with E-state index < -0.39 is 0 Å². The second-order valence-corrected chi connectivity index (χ2v) is 7.38. The van der Waals surface area contributed by atoms with Crippen molar-refractivity contribution < 1.29 is 9.47 Å². The lowest BCUT2D eigenvalue weighted by Crippen LogP contribution is -2.30. The van der Waals surface area contributed by atoms with Crippen molar-refractivity contribution in [3.05, 3.63) is 71.8 Å². The summed E-state index contributed by atoms with van der Waals surface area (Å²) in [4.78, 5) is 6.73. The van der Waals surface area contributed by atoms with Crippen molar-refractivity contribution in [2.45, 2.75) is 19.0 Å². The van der Waals surface area contributed by atoms with Gasteiger partial charge in [0, 0.05) is 36.4 Å². The van der Waals surface area contributed by atoms with Gasteiger partial charge in [0.15, 0.2) is 16.6 Å². The number of hydrogen-bond donors (Lipinski definition) is 1. The van der Waals surface area contributed by atoms with Crippen LogP contribution in [0.4, 0.5) is 5.69 Å². The van der Waals surface area contributed by atoms with E-state index in [0.29, 0.717) is 5.11 Å². The number of ether oxygens (including phenoxy) is 2. The quantitative estimate of drug-likeness (QED) is 0.687. The first-order valence-corrected chi connectivity index (χ1v) is 9.57. The molecule has 2 aliphatic rings. The molecular formula is C21H20N4O2S. The van der Waals surface area contributed by atoms with Crippen LogP contribution >= 0.6 is 12.2 Å². The molecule has 2 aliphatic heterocycles. The predicted octanol–water partition coefficient (Wildman–Crippen LogP) is 3.63. The molecule has 1 fully saturated rings. The molecule has 6 nitrogen and oxygen atoms in total. The van der Waals surface area contributed by atoms with Gasteiger partial charge in [0.05, 0.1) is 11.7 Å². The van der Waals surface area contributed by atoms with Gasteiger partial charge in [0.2, 0.25) is 6.79 Å². The summed E-state index contributed by atoms with van der Waals surface area (Å²) in [6, 6.07) is 16.1. The summed E-state index contributed by atoms with van der Waals surface area (Å²) in [6.07, 6.45) is 1.82. The average Bonchev–Trinajstić information content (AvgIpc) is 3.40. The summed E-state index contributed by atoms with van der Waals surface area (Å²) in [5, 5.41) is 4.15. The number of nitrogens with zero attached hydrogens (tertiary/aromatic N) is 3.